The standard InChI is InChI=1S/C17H15ClN4O3/c1-2-25-17(23)14-10-22(21-16(14)8-20-24)9-11-3-4-15-12(5-11)6-13(18)7-19-15/h3-7,10H,2,8-9H2,1H3. The quantitative estimate of drug-likeness (QED) is 0.496. The Morgan fingerprint density at radius 3 is 2.96 bits per heavy atom. The highest BCUT2D eigenvalue weighted by molar-refractivity contribution is 6.31. The average Bonchev–Trinajstić information content (AvgIpc) is 2.97. The van der Waals surface area contributed by atoms with E-state index in [4.69, 9.17) is 16.3 Å². The van der Waals surface area contributed by atoms with Crippen LogP contribution in [-0.4, -0.2) is 27.3 Å². The molecule has 2 aromatic heterocycles. The lowest BCUT2D eigenvalue weighted by molar-refractivity contribution is 0.0525. The van der Waals surface area contributed by atoms with Crippen molar-refractivity contribution in [1.82, 2.24) is 14.8 Å². The van der Waals surface area contributed by atoms with Crippen LogP contribution in [0.1, 0.15) is 28.5 Å². The zero-order valence-electron chi connectivity index (χ0n) is 13.5. The van der Waals surface area contributed by atoms with Crippen LogP contribution in [0.25, 0.3) is 10.9 Å². The minimum Gasteiger partial charge on any atom is -0.462 e. The lowest BCUT2D eigenvalue weighted by Crippen LogP contribution is -2.06. The van der Waals surface area contributed by atoms with Crippen LogP contribution in [0.4, 0.5) is 0 Å². The van der Waals surface area contributed by atoms with E-state index in [1.54, 1.807) is 24.0 Å². The predicted molar refractivity (Wildman–Crippen MR) is 93.5 cm³/mol. The van der Waals surface area contributed by atoms with Gasteiger partial charge in [0.2, 0.25) is 0 Å². The van der Waals surface area contributed by atoms with E-state index in [0.29, 0.717) is 17.3 Å². The highest BCUT2D eigenvalue weighted by atomic mass is 35.5. The monoisotopic (exact) mass is 358 g/mol. The number of nitroso groups, excluding NO2 is 1. The van der Waals surface area contributed by atoms with Crippen molar-refractivity contribution in [2.45, 2.75) is 20.0 Å². The molecule has 0 aliphatic rings. The highest BCUT2D eigenvalue weighted by Crippen LogP contribution is 2.19. The number of halogens is 1. The molecule has 0 radical (unpaired) electrons. The molecule has 0 unspecified atom stereocenters. The molecule has 3 rings (SSSR count). The van der Waals surface area contributed by atoms with Crippen molar-refractivity contribution < 1.29 is 9.53 Å². The fraction of sp³-hybridized carbons (Fsp3) is 0.235. The van der Waals surface area contributed by atoms with Crippen LogP contribution >= 0.6 is 11.6 Å². The second kappa shape index (κ2) is 7.40. The van der Waals surface area contributed by atoms with Gasteiger partial charge in [-0.3, -0.25) is 9.67 Å². The van der Waals surface area contributed by atoms with E-state index in [-0.39, 0.29) is 18.7 Å². The zero-order valence-corrected chi connectivity index (χ0v) is 14.2. The smallest absolute Gasteiger partial charge is 0.341 e. The fourth-order valence-electron chi connectivity index (χ4n) is 2.54. The summed E-state index contributed by atoms with van der Waals surface area (Å²) in [5, 5.41) is 8.58. The van der Waals surface area contributed by atoms with Crippen LogP contribution < -0.4 is 0 Å². The number of benzene rings is 1. The summed E-state index contributed by atoms with van der Waals surface area (Å²) in [6, 6.07) is 7.61. The number of nitrogens with zero attached hydrogens (tertiary/aromatic N) is 4. The molecular formula is C17H15ClN4O3. The maximum Gasteiger partial charge on any atom is 0.341 e. The van der Waals surface area contributed by atoms with E-state index in [9.17, 15) is 9.70 Å². The Morgan fingerprint density at radius 2 is 2.20 bits per heavy atom. The van der Waals surface area contributed by atoms with Crippen LogP contribution in [0.15, 0.2) is 41.8 Å². The van der Waals surface area contributed by atoms with Crippen molar-refractivity contribution in [3.05, 3.63) is 63.4 Å². The van der Waals surface area contributed by atoms with Gasteiger partial charge in [-0.2, -0.15) is 10.0 Å². The molecule has 1 aromatic carbocycles. The Kier molecular flexibility index (Phi) is 5.04. The summed E-state index contributed by atoms with van der Waals surface area (Å²) in [6.45, 7) is 2.21. The molecule has 0 saturated carbocycles. The first-order valence-electron chi connectivity index (χ1n) is 7.67. The van der Waals surface area contributed by atoms with Gasteiger partial charge in [0, 0.05) is 17.8 Å². The summed E-state index contributed by atoms with van der Waals surface area (Å²) in [6.07, 6.45) is 3.17. The summed E-state index contributed by atoms with van der Waals surface area (Å²) in [7, 11) is 0. The maximum absolute atomic E-state index is 12.0. The van der Waals surface area contributed by atoms with Crippen LogP contribution in [-0.2, 0) is 17.8 Å². The number of ether oxygens (including phenoxy) is 1. The molecule has 0 bridgehead atoms. The maximum atomic E-state index is 12.0. The van der Waals surface area contributed by atoms with Crippen LogP contribution in [0.3, 0.4) is 0 Å². The first-order valence-corrected chi connectivity index (χ1v) is 8.05. The largest absolute Gasteiger partial charge is 0.462 e. The Bertz CT molecular complexity index is 939. The molecule has 3 aromatic rings. The SMILES string of the molecule is CCOC(=O)c1cn(Cc2ccc3ncc(Cl)cc3c2)nc1CN=O. The summed E-state index contributed by atoms with van der Waals surface area (Å²) < 4.78 is 6.58. The van der Waals surface area contributed by atoms with E-state index in [0.717, 1.165) is 16.5 Å². The molecule has 0 atom stereocenters. The second-order valence-corrected chi connectivity index (χ2v) is 5.81. The highest BCUT2D eigenvalue weighted by Gasteiger charge is 2.17. The van der Waals surface area contributed by atoms with E-state index < -0.39 is 5.97 Å². The van der Waals surface area contributed by atoms with Crippen molar-refractivity contribution in [2.24, 2.45) is 5.18 Å². The third-order valence-electron chi connectivity index (χ3n) is 3.60. The van der Waals surface area contributed by atoms with Crippen molar-refractivity contribution in [2.75, 3.05) is 6.61 Å². The van der Waals surface area contributed by atoms with Crippen LogP contribution in [0.2, 0.25) is 5.02 Å². The van der Waals surface area contributed by atoms with Crippen molar-refractivity contribution in [3.63, 3.8) is 0 Å². The molecule has 0 amide bonds. The van der Waals surface area contributed by atoms with E-state index >= 15 is 0 Å². The van der Waals surface area contributed by atoms with Crippen LogP contribution in [0.5, 0.6) is 0 Å². The molecule has 0 spiro atoms. The molecule has 0 saturated heterocycles. The van der Waals surface area contributed by atoms with Gasteiger partial charge in [-0.15, -0.1) is 0 Å². The minimum atomic E-state index is -0.512. The summed E-state index contributed by atoms with van der Waals surface area (Å²) in [5.74, 6) is -0.512. The molecule has 8 heteroatoms. The number of fused-ring (bicyclic) bond motifs is 1. The number of rotatable bonds is 6. The fourth-order valence-corrected chi connectivity index (χ4v) is 2.71. The number of pyridine rings is 1. The third-order valence-corrected chi connectivity index (χ3v) is 3.81. The second-order valence-electron chi connectivity index (χ2n) is 5.38. The summed E-state index contributed by atoms with van der Waals surface area (Å²) in [5.41, 5.74) is 2.36. The number of esters is 1. The molecular weight excluding hydrogens is 344 g/mol. The van der Waals surface area contributed by atoms with Gasteiger partial charge in [0.25, 0.3) is 0 Å². The number of carbonyl (C=O) groups is 1. The Hall–Kier alpha value is -2.80. The van der Waals surface area contributed by atoms with E-state index in [1.165, 1.54) is 0 Å². The van der Waals surface area contributed by atoms with Gasteiger partial charge in [-0.25, -0.2) is 4.79 Å². The molecule has 0 N–H and O–H groups in total. The van der Waals surface area contributed by atoms with E-state index in [2.05, 4.69) is 15.3 Å². The lowest BCUT2D eigenvalue weighted by atomic mass is 10.1. The predicted octanol–water partition coefficient (Wildman–Crippen LogP) is 3.58. The van der Waals surface area contributed by atoms with Crippen molar-refractivity contribution in [3.8, 4) is 0 Å². The van der Waals surface area contributed by atoms with Gasteiger partial charge in [-0.05, 0) is 30.7 Å². The first kappa shape index (κ1) is 17.0. The molecule has 25 heavy (non-hydrogen) atoms. The zero-order chi connectivity index (χ0) is 17.8. The van der Waals surface area contributed by atoms with Crippen molar-refractivity contribution >= 4 is 28.5 Å². The minimum absolute atomic E-state index is 0.182. The Labute approximate surface area is 148 Å². The van der Waals surface area contributed by atoms with Gasteiger partial charge >= 0.3 is 5.97 Å². The molecule has 2 heterocycles. The molecule has 0 aliphatic carbocycles. The Balaban J connectivity index is 1.90. The number of carbonyl (C=O) groups excluding carboxylic acids is 1. The molecule has 0 fully saturated rings. The first-order chi connectivity index (χ1) is 12.1. The number of hydrogen-bond acceptors (Lipinski definition) is 6. The van der Waals surface area contributed by atoms with Gasteiger partial charge in [-0.1, -0.05) is 22.8 Å². The Morgan fingerprint density at radius 1 is 1.36 bits per heavy atom. The van der Waals surface area contributed by atoms with Gasteiger partial charge in [0.05, 0.1) is 23.7 Å². The lowest BCUT2D eigenvalue weighted by Gasteiger charge is -2.04. The van der Waals surface area contributed by atoms with Gasteiger partial charge in [0.1, 0.15) is 17.8 Å². The number of hydrogen-bond donors (Lipinski definition) is 0. The van der Waals surface area contributed by atoms with Gasteiger partial charge < -0.3 is 4.74 Å². The normalized spacial score (nSPS) is 10.8. The molecule has 0 aliphatic heterocycles. The topological polar surface area (TPSA) is 86.4 Å². The molecule has 128 valence electrons. The average molecular weight is 359 g/mol. The van der Waals surface area contributed by atoms with Crippen molar-refractivity contribution in [1.29, 1.82) is 0 Å². The van der Waals surface area contributed by atoms with Gasteiger partial charge in [0.15, 0.2) is 0 Å². The molecule has 7 nitrogen and oxygen atoms in total. The summed E-state index contributed by atoms with van der Waals surface area (Å²) >= 11 is 5.98. The third kappa shape index (κ3) is 3.83. The van der Waals surface area contributed by atoms with Crippen LogP contribution in [0, 0.1) is 4.91 Å². The number of aromatic nitrogens is 3. The summed E-state index contributed by atoms with van der Waals surface area (Å²) in [4.78, 5) is 26.8. The van der Waals surface area contributed by atoms with E-state index in [1.807, 2.05) is 24.3 Å².